The largest absolute Gasteiger partial charge is 0.494 e. The molecule has 1 aromatic rings. The predicted molar refractivity (Wildman–Crippen MR) is 81.0 cm³/mol. The normalized spacial score (nSPS) is 21.9. The van der Waals surface area contributed by atoms with Crippen LogP contribution >= 0.6 is 0 Å². The molecule has 1 heterocycles. The highest BCUT2D eigenvalue weighted by atomic mass is 19.1. The Morgan fingerprint density at radius 1 is 1.52 bits per heavy atom. The lowest BCUT2D eigenvalue weighted by atomic mass is 9.76. The van der Waals surface area contributed by atoms with Crippen LogP contribution < -0.4 is 15.4 Å². The van der Waals surface area contributed by atoms with Crippen LogP contribution in [-0.4, -0.2) is 26.1 Å². The quantitative estimate of drug-likeness (QED) is 0.878. The molecular weight excluding hydrogens is 271 g/mol. The van der Waals surface area contributed by atoms with Crippen molar-refractivity contribution in [2.24, 2.45) is 5.41 Å². The van der Waals surface area contributed by atoms with Gasteiger partial charge in [-0.1, -0.05) is 13.3 Å². The van der Waals surface area contributed by atoms with E-state index < -0.39 is 5.82 Å². The second-order valence-electron chi connectivity index (χ2n) is 5.61. The van der Waals surface area contributed by atoms with E-state index in [0.29, 0.717) is 12.2 Å². The molecule has 1 aromatic carbocycles. The number of amides is 1. The number of ether oxygens (including phenoxy) is 1. The summed E-state index contributed by atoms with van der Waals surface area (Å²) in [6.45, 7) is 3.75. The summed E-state index contributed by atoms with van der Waals surface area (Å²) in [4.78, 5) is 12.7. The summed E-state index contributed by atoms with van der Waals surface area (Å²) in [5.74, 6) is -0.289. The Kier molecular flexibility index (Phi) is 5.17. The molecule has 0 spiro atoms. The van der Waals surface area contributed by atoms with Crippen LogP contribution in [0, 0.1) is 11.2 Å². The van der Waals surface area contributed by atoms with Crippen molar-refractivity contribution in [2.45, 2.75) is 32.6 Å². The van der Waals surface area contributed by atoms with Crippen LogP contribution in [0.15, 0.2) is 18.2 Å². The molecule has 0 saturated carbocycles. The summed E-state index contributed by atoms with van der Waals surface area (Å²) in [5, 5.41) is 6.23. The van der Waals surface area contributed by atoms with Crippen LogP contribution in [0.25, 0.3) is 0 Å². The van der Waals surface area contributed by atoms with Crippen molar-refractivity contribution in [3.8, 4) is 5.75 Å². The first-order valence-electron chi connectivity index (χ1n) is 7.47. The maximum atomic E-state index is 13.4. The molecule has 116 valence electrons. The van der Waals surface area contributed by atoms with Crippen molar-refractivity contribution < 1.29 is 13.9 Å². The topological polar surface area (TPSA) is 50.4 Å². The smallest absolute Gasteiger partial charge is 0.231 e. The number of piperidine rings is 1. The van der Waals surface area contributed by atoms with E-state index in [0.717, 1.165) is 32.2 Å². The number of hydrogen-bond donors (Lipinski definition) is 2. The van der Waals surface area contributed by atoms with Crippen molar-refractivity contribution >= 4 is 11.6 Å². The zero-order valence-electron chi connectivity index (χ0n) is 12.7. The molecule has 0 aromatic heterocycles. The Balaban J connectivity index is 2.15. The zero-order chi connectivity index (χ0) is 15.3. The Labute approximate surface area is 125 Å². The molecule has 0 aliphatic carbocycles. The van der Waals surface area contributed by atoms with E-state index in [-0.39, 0.29) is 17.1 Å². The van der Waals surface area contributed by atoms with E-state index in [1.165, 1.54) is 19.2 Å². The van der Waals surface area contributed by atoms with Crippen LogP contribution in [0.5, 0.6) is 5.75 Å². The Morgan fingerprint density at radius 2 is 2.33 bits per heavy atom. The zero-order valence-corrected chi connectivity index (χ0v) is 12.7. The fourth-order valence-corrected chi connectivity index (χ4v) is 2.97. The van der Waals surface area contributed by atoms with Gasteiger partial charge in [0.1, 0.15) is 0 Å². The molecule has 4 nitrogen and oxygen atoms in total. The predicted octanol–water partition coefficient (Wildman–Crippen LogP) is 2.94. The second-order valence-corrected chi connectivity index (χ2v) is 5.61. The van der Waals surface area contributed by atoms with Gasteiger partial charge in [0, 0.05) is 18.3 Å². The average Bonchev–Trinajstić information content (AvgIpc) is 2.50. The van der Waals surface area contributed by atoms with E-state index in [4.69, 9.17) is 4.74 Å². The van der Waals surface area contributed by atoms with Gasteiger partial charge in [-0.15, -0.1) is 0 Å². The minimum Gasteiger partial charge on any atom is -0.494 e. The van der Waals surface area contributed by atoms with E-state index >= 15 is 0 Å². The number of hydrogen-bond acceptors (Lipinski definition) is 3. The Morgan fingerprint density at radius 3 is 2.95 bits per heavy atom. The molecule has 1 aliphatic heterocycles. The lowest BCUT2D eigenvalue weighted by Gasteiger charge is -2.36. The number of anilines is 1. The van der Waals surface area contributed by atoms with E-state index in [1.54, 1.807) is 6.07 Å². The molecule has 1 atom stereocenters. The van der Waals surface area contributed by atoms with Crippen molar-refractivity contribution in [2.75, 3.05) is 25.5 Å². The Hall–Kier alpha value is -1.62. The van der Waals surface area contributed by atoms with Gasteiger partial charge in [0.05, 0.1) is 12.5 Å². The summed E-state index contributed by atoms with van der Waals surface area (Å²) in [6.07, 6.45) is 3.70. The number of rotatable bonds is 5. The lowest BCUT2D eigenvalue weighted by molar-refractivity contribution is -0.127. The first-order valence-corrected chi connectivity index (χ1v) is 7.47. The maximum Gasteiger partial charge on any atom is 0.231 e. The minimum atomic E-state index is -0.432. The SMILES string of the molecule is CCCC1(C(=O)Nc2ccc(F)c(OC)c2)CCCNC1. The van der Waals surface area contributed by atoms with Crippen LogP contribution in [0.2, 0.25) is 0 Å². The van der Waals surface area contributed by atoms with Crippen molar-refractivity contribution in [3.05, 3.63) is 24.0 Å². The summed E-state index contributed by atoms with van der Waals surface area (Å²) in [5.41, 5.74) is 0.202. The summed E-state index contributed by atoms with van der Waals surface area (Å²) in [7, 11) is 1.41. The standard InChI is InChI=1S/C16H23FN2O2/c1-3-7-16(8-4-9-18-11-16)15(20)19-12-5-6-13(17)14(10-12)21-2/h5-6,10,18H,3-4,7-9,11H2,1-2H3,(H,19,20). The average molecular weight is 294 g/mol. The molecule has 1 aliphatic rings. The van der Waals surface area contributed by atoms with Gasteiger partial charge in [-0.3, -0.25) is 4.79 Å². The number of carbonyl (C=O) groups is 1. The van der Waals surface area contributed by atoms with Crippen molar-refractivity contribution in [1.82, 2.24) is 5.32 Å². The highest BCUT2D eigenvalue weighted by Gasteiger charge is 2.38. The number of halogens is 1. The highest BCUT2D eigenvalue weighted by Crippen LogP contribution is 2.33. The van der Waals surface area contributed by atoms with Crippen LogP contribution in [0.4, 0.5) is 10.1 Å². The molecule has 1 saturated heterocycles. The van der Waals surface area contributed by atoms with E-state index in [2.05, 4.69) is 17.6 Å². The number of nitrogens with one attached hydrogen (secondary N) is 2. The van der Waals surface area contributed by atoms with Crippen LogP contribution in [-0.2, 0) is 4.79 Å². The molecular formula is C16H23FN2O2. The number of methoxy groups -OCH3 is 1. The van der Waals surface area contributed by atoms with Gasteiger partial charge in [-0.2, -0.15) is 0 Å². The highest BCUT2D eigenvalue weighted by molar-refractivity contribution is 5.95. The third-order valence-corrected chi connectivity index (χ3v) is 4.09. The van der Waals surface area contributed by atoms with Gasteiger partial charge in [0.2, 0.25) is 5.91 Å². The number of benzene rings is 1. The van der Waals surface area contributed by atoms with E-state index in [9.17, 15) is 9.18 Å². The fraction of sp³-hybridized carbons (Fsp3) is 0.562. The van der Waals surface area contributed by atoms with Gasteiger partial charge >= 0.3 is 0 Å². The second kappa shape index (κ2) is 6.89. The molecule has 1 amide bonds. The third-order valence-electron chi connectivity index (χ3n) is 4.09. The van der Waals surface area contributed by atoms with Gasteiger partial charge in [0.25, 0.3) is 0 Å². The molecule has 1 fully saturated rings. The van der Waals surface area contributed by atoms with Gasteiger partial charge in [-0.05, 0) is 37.9 Å². The molecule has 5 heteroatoms. The molecule has 1 unspecified atom stereocenters. The summed E-state index contributed by atoms with van der Waals surface area (Å²) < 4.78 is 18.4. The van der Waals surface area contributed by atoms with Gasteiger partial charge in [0.15, 0.2) is 11.6 Å². The van der Waals surface area contributed by atoms with E-state index in [1.807, 2.05) is 0 Å². The molecule has 2 rings (SSSR count). The van der Waals surface area contributed by atoms with Gasteiger partial charge < -0.3 is 15.4 Å². The Bertz CT molecular complexity index is 494. The first-order chi connectivity index (χ1) is 10.1. The van der Waals surface area contributed by atoms with Crippen LogP contribution in [0.1, 0.15) is 32.6 Å². The monoisotopic (exact) mass is 294 g/mol. The fourth-order valence-electron chi connectivity index (χ4n) is 2.97. The third kappa shape index (κ3) is 3.53. The minimum absolute atomic E-state index is 0.00483. The molecule has 2 N–H and O–H groups in total. The van der Waals surface area contributed by atoms with Crippen LogP contribution in [0.3, 0.4) is 0 Å². The summed E-state index contributed by atoms with van der Waals surface area (Å²) in [6, 6.07) is 4.38. The molecule has 0 radical (unpaired) electrons. The van der Waals surface area contributed by atoms with Gasteiger partial charge in [-0.25, -0.2) is 4.39 Å². The number of carbonyl (C=O) groups excluding carboxylic acids is 1. The van der Waals surface area contributed by atoms with Crippen molar-refractivity contribution in [1.29, 1.82) is 0 Å². The molecule has 0 bridgehead atoms. The molecule has 21 heavy (non-hydrogen) atoms. The first kappa shape index (κ1) is 15.8. The maximum absolute atomic E-state index is 13.4. The summed E-state index contributed by atoms with van der Waals surface area (Å²) >= 11 is 0. The van der Waals surface area contributed by atoms with Crippen molar-refractivity contribution in [3.63, 3.8) is 0 Å². The lowest BCUT2D eigenvalue weighted by Crippen LogP contribution is -2.48.